The van der Waals surface area contributed by atoms with Gasteiger partial charge in [-0.1, -0.05) is 13.8 Å². The third-order valence-corrected chi connectivity index (χ3v) is 3.56. The van der Waals surface area contributed by atoms with Crippen LogP contribution in [0.4, 0.5) is 0 Å². The summed E-state index contributed by atoms with van der Waals surface area (Å²) in [5, 5.41) is 10.8. The maximum Gasteiger partial charge on any atom is 0.263 e. The molecule has 0 aromatic carbocycles. The SMILES string of the molecule is CC([N+](=O)[O-])C1([NH3+])CCCC(C)(C)C1. The molecule has 0 saturated heterocycles. The van der Waals surface area contributed by atoms with E-state index in [-0.39, 0.29) is 15.9 Å². The van der Waals surface area contributed by atoms with Crippen molar-refractivity contribution in [1.82, 2.24) is 0 Å². The first-order valence-corrected chi connectivity index (χ1v) is 5.26. The molecular formula is C10H21N2O2+. The lowest BCUT2D eigenvalue weighted by Gasteiger charge is -2.39. The second-order valence-corrected chi connectivity index (χ2v) is 5.52. The van der Waals surface area contributed by atoms with E-state index >= 15 is 0 Å². The van der Waals surface area contributed by atoms with Crippen molar-refractivity contribution in [2.75, 3.05) is 0 Å². The van der Waals surface area contributed by atoms with Crippen LogP contribution in [-0.4, -0.2) is 16.5 Å². The van der Waals surface area contributed by atoms with Crippen LogP contribution in [0.25, 0.3) is 0 Å². The van der Waals surface area contributed by atoms with E-state index in [2.05, 4.69) is 19.6 Å². The van der Waals surface area contributed by atoms with Gasteiger partial charge in [-0.25, -0.2) is 0 Å². The predicted molar refractivity (Wildman–Crippen MR) is 54.3 cm³/mol. The van der Waals surface area contributed by atoms with Crippen molar-refractivity contribution in [2.24, 2.45) is 5.41 Å². The summed E-state index contributed by atoms with van der Waals surface area (Å²) in [6, 6.07) is -0.526. The smallest absolute Gasteiger partial charge is 0.263 e. The molecule has 1 fully saturated rings. The molecule has 1 aliphatic carbocycles. The fourth-order valence-corrected chi connectivity index (χ4v) is 2.63. The summed E-state index contributed by atoms with van der Waals surface area (Å²) in [5.41, 5.74) is 3.96. The molecule has 0 heterocycles. The van der Waals surface area contributed by atoms with Crippen molar-refractivity contribution in [1.29, 1.82) is 0 Å². The van der Waals surface area contributed by atoms with Gasteiger partial charge in [0.15, 0.2) is 5.54 Å². The summed E-state index contributed by atoms with van der Waals surface area (Å²) in [6.45, 7) is 6.05. The Morgan fingerprint density at radius 3 is 2.43 bits per heavy atom. The molecule has 0 aromatic rings. The molecule has 1 aliphatic rings. The van der Waals surface area contributed by atoms with Crippen LogP contribution in [0.5, 0.6) is 0 Å². The summed E-state index contributed by atoms with van der Waals surface area (Å²) in [5.74, 6) is 0. The molecule has 4 heteroatoms. The lowest BCUT2D eigenvalue weighted by molar-refractivity contribution is -0.616. The molecule has 0 aromatic heterocycles. The highest BCUT2D eigenvalue weighted by atomic mass is 16.6. The van der Waals surface area contributed by atoms with Crippen molar-refractivity contribution in [3.63, 3.8) is 0 Å². The van der Waals surface area contributed by atoms with E-state index in [0.29, 0.717) is 0 Å². The summed E-state index contributed by atoms with van der Waals surface area (Å²) in [6.07, 6.45) is 3.98. The van der Waals surface area contributed by atoms with E-state index in [1.807, 2.05) is 0 Å². The number of quaternary nitrogens is 1. The Kier molecular flexibility index (Phi) is 2.86. The van der Waals surface area contributed by atoms with Gasteiger partial charge in [-0.15, -0.1) is 0 Å². The standard InChI is InChI=1S/C10H20N2O2/c1-8(12(13)14)10(11)6-4-5-9(2,3)7-10/h8H,4-7,11H2,1-3H3/p+1. The summed E-state index contributed by atoms with van der Waals surface area (Å²) in [7, 11) is 0. The van der Waals surface area contributed by atoms with E-state index < -0.39 is 6.04 Å². The van der Waals surface area contributed by atoms with E-state index in [1.54, 1.807) is 6.92 Å². The van der Waals surface area contributed by atoms with Crippen molar-refractivity contribution in [3.8, 4) is 0 Å². The molecule has 2 atom stereocenters. The highest BCUT2D eigenvalue weighted by Gasteiger charge is 2.49. The van der Waals surface area contributed by atoms with Crippen LogP contribution in [0.1, 0.15) is 46.5 Å². The topological polar surface area (TPSA) is 70.8 Å². The Morgan fingerprint density at radius 1 is 1.43 bits per heavy atom. The minimum Gasteiger partial charge on any atom is -0.347 e. The molecule has 0 bridgehead atoms. The molecular weight excluding hydrogens is 180 g/mol. The third kappa shape index (κ3) is 2.23. The average molecular weight is 201 g/mol. The molecule has 2 unspecified atom stereocenters. The zero-order valence-corrected chi connectivity index (χ0v) is 9.38. The number of hydrogen-bond donors (Lipinski definition) is 1. The second-order valence-electron chi connectivity index (χ2n) is 5.52. The Labute approximate surface area is 85.0 Å². The normalized spacial score (nSPS) is 33.7. The summed E-state index contributed by atoms with van der Waals surface area (Å²) >= 11 is 0. The van der Waals surface area contributed by atoms with Gasteiger partial charge < -0.3 is 5.73 Å². The zero-order chi connectivity index (χ0) is 11.0. The lowest BCUT2D eigenvalue weighted by atomic mass is 9.66. The van der Waals surface area contributed by atoms with Crippen LogP contribution in [0.2, 0.25) is 0 Å². The monoisotopic (exact) mass is 201 g/mol. The second kappa shape index (κ2) is 3.50. The summed E-state index contributed by atoms with van der Waals surface area (Å²) < 4.78 is 0. The van der Waals surface area contributed by atoms with Gasteiger partial charge in [0, 0.05) is 24.7 Å². The van der Waals surface area contributed by atoms with Crippen LogP contribution in [-0.2, 0) is 0 Å². The molecule has 14 heavy (non-hydrogen) atoms. The fourth-order valence-electron chi connectivity index (χ4n) is 2.63. The minimum atomic E-state index is -0.526. The number of rotatable bonds is 2. The first-order chi connectivity index (χ1) is 6.27. The molecule has 0 spiro atoms. The van der Waals surface area contributed by atoms with Crippen LogP contribution in [0.15, 0.2) is 0 Å². The highest BCUT2D eigenvalue weighted by Crippen LogP contribution is 2.40. The number of nitrogens with zero attached hydrogens (tertiary/aromatic N) is 1. The highest BCUT2D eigenvalue weighted by molar-refractivity contribution is 4.92. The van der Waals surface area contributed by atoms with Gasteiger partial charge >= 0.3 is 0 Å². The fraction of sp³-hybridized carbons (Fsp3) is 1.00. The average Bonchev–Trinajstić information content (AvgIpc) is 2.00. The van der Waals surface area contributed by atoms with Crippen molar-refractivity contribution in [3.05, 3.63) is 10.1 Å². The van der Waals surface area contributed by atoms with E-state index in [4.69, 9.17) is 0 Å². The van der Waals surface area contributed by atoms with Gasteiger partial charge in [-0.05, 0) is 18.3 Å². The van der Waals surface area contributed by atoms with Crippen LogP contribution < -0.4 is 5.73 Å². The molecule has 3 N–H and O–H groups in total. The Balaban J connectivity index is 2.78. The van der Waals surface area contributed by atoms with Crippen molar-refractivity contribution in [2.45, 2.75) is 58.0 Å². The summed E-state index contributed by atoms with van der Waals surface area (Å²) in [4.78, 5) is 10.6. The molecule has 1 saturated carbocycles. The third-order valence-electron chi connectivity index (χ3n) is 3.56. The quantitative estimate of drug-likeness (QED) is 0.539. The van der Waals surface area contributed by atoms with Crippen LogP contribution >= 0.6 is 0 Å². The maximum atomic E-state index is 10.8. The van der Waals surface area contributed by atoms with E-state index in [1.165, 1.54) is 0 Å². The maximum absolute atomic E-state index is 10.8. The Morgan fingerprint density at radius 2 is 2.00 bits per heavy atom. The van der Waals surface area contributed by atoms with E-state index in [0.717, 1.165) is 25.7 Å². The van der Waals surface area contributed by atoms with Crippen molar-refractivity contribution >= 4 is 0 Å². The molecule has 1 rings (SSSR count). The van der Waals surface area contributed by atoms with Crippen LogP contribution in [0.3, 0.4) is 0 Å². The van der Waals surface area contributed by atoms with Gasteiger partial charge in [-0.2, -0.15) is 0 Å². The molecule has 4 nitrogen and oxygen atoms in total. The zero-order valence-electron chi connectivity index (χ0n) is 9.38. The van der Waals surface area contributed by atoms with Crippen LogP contribution in [0, 0.1) is 15.5 Å². The van der Waals surface area contributed by atoms with Gasteiger partial charge in [0.2, 0.25) is 0 Å². The Hall–Kier alpha value is -0.640. The largest absolute Gasteiger partial charge is 0.347 e. The predicted octanol–water partition coefficient (Wildman–Crippen LogP) is 1.23. The van der Waals surface area contributed by atoms with Gasteiger partial charge in [-0.3, -0.25) is 10.1 Å². The van der Waals surface area contributed by atoms with Gasteiger partial charge in [0.25, 0.3) is 6.04 Å². The van der Waals surface area contributed by atoms with Crippen molar-refractivity contribution < 1.29 is 10.7 Å². The first kappa shape index (κ1) is 11.4. The number of hydrogen-bond acceptors (Lipinski definition) is 2. The van der Waals surface area contributed by atoms with Gasteiger partial charge in [0.05, 0.1) is 0 Å². The number of nitro groups is 1. The van der Waals surface area contributed by atoms with Gasteiger partial charge in [0.1, 0.15) is 0 Å². The molecule has 0 aliphatic heterocycles. The lowest BCUT2D eigenvalue weighted by Crippen LogP contribution is -2.80. The first-order valence-electron chi connectivity index (χ1n) is 5.26. The minimum absolute atomic E-state index is 0.186. The molecule has 0 amide bonds. The van der Waals surface area contributed by atoms with E-state index in [9.17, 15) is 10.1 Å². The Bertz CT molecular complexity index is 240. The molecule has 82 valence electrons. The molecule has 0 radical (unpaired) electrons.